The minimum Gasteiger partial charge on any atom is -0.463 e. The van der Waals surface area contributed by atoms with E-state index < -0.39 is 36.4 Å². The third-order valence-electron chi connectivity index (χ3n) is 2.28. The maximum Gasteiger partial charge on any atom is 0.353 e. The van der Waals surface area contributed by atoms with E-state index in [-0.39, 0.29) is 6.61 Å². The number of nitrogens with one attached hydrogen (secondary N) is 2. The molecule has 4 unspecified atom stereocenters. The Kier molecular flexibility index (Phi) is 4.57. The van der Waals surface area contributed by atoms with Gasteiger partial charge in [0, 0.05) is 6.92 Å². The number of hydrogen-bond acceptors (Lipinski definition) is 8. The van der Waals surface area contributed by atoms with Crippen molar-refractivity contribution in [1.29, 1.82) is 0 Å². The monoisotopic (exact) mass is 266 g/mol. The molecule has 1 fully saturated rings. The third-order valence-corrected chi connectivity index (χ3v) is 2.28. The zero-order valence-electron chi connectivity index (χ0n) is 9.84. The average Bonchev–Trinajstić information content (AvgIpc) is 2.24. The highest BCUT2D eigenvalue weighted by Crippen LogP contribution is 2.26. The summed E-state index contributed by atoms with van der Waals surface area (Å²) in [6, 6.07) is 0. The largest absolute Gasteiger partial charge is 0.463 e. The SMILES string of the molecule is CCOC(=O)C1(F)C(O)NC(O)NC1OC(C)=O. The van der Waals surface area contributed by atoms with Crippen LogP contribution in [0.1, 0.15) is 13.8 Å². The lowest BCUT2D eigenvalue weighted by Gasteiger charge is -2.41. The Bertz CT molecular complexity index is 341. The van der Waals surface area contributed by atoms with Crippen molar-refractivity contribution in [2.75, 3.05) is 6.61 Å². The van der Waals surface area contributed by atoms with Crippen LogP contribution in [0.15, 0.2) is 0 Å². The molecule has 0 aromatic carbocycles. The predicted octanol–water partition coefficient (Wildman–Crippen LogP) is -2.07. The van der Waals surface area contributed by atoms with Gasteiger partial charge in [-0.05, 0) is 6.92 Å². The van der Waals surface area contributed by atoms with Gasteiger partial charge < -0.3 is 19.7 Å². The summed E-state index contributed by atoms with van der Waals surface area (Å²) in [6.07, 6.45) is -5.49. The second-order valence-electron chi connectivity index (χ2n) is 3.62. The first-order chi connectivity index (χ1) is 8.32. The number of hydrogen-bond donors (Lipinski definition) is 4. The zero-order valence-corrected chi connectivity index (χ0v) is 9.84. The highest BCUT2D eigenvalue weighted by molar-refractivity contribution is 5.82. The Morgan fingerprint density at radius 2 is 2.00 bits per heavy atom. The molecule has 1 rings (SSSR count). The van der Waals surface area contributed by atoms with E-state index in [1.807, 2.05) is 5.32 Å². The van der Waals surface area contributed by atoms with E-state index in [2.05, 4.69) is 14.8 Å². The molecule has 1 aliphatic rings. The van der Waals surface area contributed by atoms with Gasteiger partial charge in [0.05, 0.1) is 6.61 Å². The molecule has 0 bridgehead atoms. The van der Waals surface area contributed by atoms with E-state index in [1.165, 1.54) is 6.92 Å². The van der Waals surface area contributed by atoms with Crippen LogP contribution in [-0.2, 0) is 19.1 Å². The van der Waals surface area contributed by atoms with Gasteiger partial charge in [0.25, 0.3) is 5.67 Å². The van der Waals surface area contributed by atoms with Crippen molar-refractivity contribution < 1.29 is 33.7 Å². The molecule has 18 heavy (non-hydrogen) atoms. The van der Waals surface area contributed by atoms with E-state index in [1.54, 1.807) is 0 Å². The van der Waals surface area contributed by atoms with Crippen molar-refractivity contribution in [3.63, 3.8) is 0 Å². The van der Waals surface area contributed by atoms with E-state index in [0.717, 1.165) is 6.92 Å². The second kappa shape index (κ2) is 5.57. The number of halogens is 1. The van der Waals surface area contributed by atoms with Crippen molar-refractivity contribution in [3.05, 3.63) is 0 Å². The number of aliphatic hydroxyl groups is 2. The van der Waals surface area contributed by atoms with Gasteiger partial charge in [-0.15, -0.1) is 0 Å². The molecule has 104 valence electrons. The number of aliphatic hydroxyl groups excluding tert-OH is 2. The number of carbonyl (C=O) groups excluding carboxylic acids is 2. The highest BCUT2D eigenvalue weighted by atomic mass is 19.1. The smallest absolute Gasteiger partial charge is 0.353 e. The number of ether oxygens (including phenoxy) is 2. The molecular formula is C9H15FN2O6. The van der Waals surface area contributed by atoms with Crippen LogP contribution in [0.3, 0.4) is 0 Å². The van der Waals surface area contributed by atoms with Gasteiger partial charge >= 0.3 is 11.9 Å². The normalized spacial score (nSPS) is 35.9. The number of rotatable bonds is 3. The first-order valence-corrected chi connectivity index (χ1v) is 5.24. The molecule has 8 nitrogen and oxygen atoms in total. The highest BCUT2D eigenvalue weighted by Gasteiger charge is 2.59. The van der Waals surface area contributed by atoms with Gasteiger partial charge in [-0.2, -0.15) is 0 Å². The van der Waals surface area contributed by atoms with Crippen LogP contribution >= 0.6 is 0 Å². The lowest BCUT2D eigenvalue weighted by Crippen LogP contribution is -2.74. The molecule has 0 saturated carbocycles. The Hall–Kier alpha value is -1.29. The maximum absolute atomic E-state index is 14.5. The Balaban J connectivity index is 2.99. The first kappa shape index (κ1) is 14.8. The molecule has 1 saturated heterocycles. The quantitative estimate of drug-likeness (QED) is 0.431. The van der Waals surface area contributed by atoms with Crippen LogP contribution in [0, 0.1) is 0 Å². The Labute approximate surface area is 102 Å². The Morgan fingerprint density at radius 1 is 1.39 bits per heavy atom. The topological polar surface area (TPSA) is 117 Å². The molecule has 1 heterocycles. The van der Waals surface area contributed by atoms with Crippen molar-refractivity contribution >= 4 is 11.9 Å². The average molecular weight is 266 g/mol. The molecule has 0 spiro atoms. The molecule has 9 heteroatoms. The summed E-state index contributed by atoms with van der Waals surface area (Å²) in [6.45, 7) is 2.33. The number of esters is 2. The Morgan fingerprint density at radius 3 is 2.50 bits per heavy atom. The summed E-state index contributed by atoms with van der Waals surface area (Å²) in [4.78, 5) is 22.3. The summed E-state index contributed by atoms with van der Waals surface area (Å²) >= 11 is 0. The molecule has 0 aliphatic carbocycles. The molecule has 4 N–H and O–H groups in total. The molecule has 0 amide bonds. The van der Waals surface area contributed by atoms with E-state index >= 15 is 0 Å². The van der Waals surface area contributed by atoms with Crippen LogP contribution in [0.2, 0.25) is 0 Å². The summed E-state index contributed by atoms with van der Waals surface area (Å²) in [5.74, 6) is -2.30. The summed E-state index contributed by atoms with van der Waals surface area (Å²) < 4.78 is 23.5. The van der Waals surface area contributed by atoms with Gasteiger partial charge in [0.1, 0.15) is 0 Å². The van der Waals surface area contributed by atoms with Gasteiger partial charge in [0.2, 0.25) is 6.23 Å². The summed E-state index contributed by atoms with van der Waals surface area (Å²) in [5.41, 5.74) is -3.05. The lowest BCUT2D eigenvalue weighted by atomic mass is 9.99. The number of carbonyl (C=O) groups is 2. The summed E-state index contributed by atoms with van der Waals surface area (Å²) in [5, 5.41) is 22.7. The number of alkyl halides is 1. The van der Waals surface area contributed by atoms with E-state index in [9.17, 15) is 24.2 Å². The first-order valence-electron chi connectivity index (χ1n) is 5.24. The van der Waals surface area contributed by atoms with Crippen LogP contribution in [-0.4, -0.2) is 53.2 Å². The lowest BCUT2D eigenvalue weighted by molar-refractivity contribution is -0.218. The molecular weight excluding hydrogens is 251 g/mol. The maximum atomic E-state index is 14.5. The van der Waals surface area contributed by atoms with Crippen molar-refractivity contribution in [1.82, 2.24) is 10.6 Å². The van der Waals surface area contributed by atoms with Gasteiger partial charge in [0.15, 0.2) is 12.6 Å². The standard InChI is InChI=1S/C9H15FN2O6/c1-3-17-7(15)9(10)5(14)11-8(16)12-6(9)18-4(2)13/h5-6,8,11-12,14,16H,3H2,1-2H3. The van der Waals surface area contributed by atoms with Gasteiger partial charge in [-0.1, -0.05) is 0 Å². The second-order valence-corrected chi connectivity index (χ2v) is 3.62. The van der Waals surface area contributed by atoms with E-state index in [0.29, 0.717) is 0 Å². The molecule has 4 atom stereocenters. The fourth-order valence-corrected chi connectivity index (χ4v) is 1.47. The van der Waals surface area contributed by atoms with Crippen LogP contribution in [0.5, 0.6) is 0 Å². The minimum atomic E-state index is -3.05. The molecule has 1 aliphatic heterocycles. The van der Waals surface area contributed by atoms with E-state index in [4.69, 9.17) is 0 Å². The summed E-state index contributed by atoms with van der Waals surface area (Å²) in [7, 11) is 0. The molecule has 0 aromatic rings. The molecule has 0 aromatic heterocycles. The van der Waals surface area contributed by atoms with Gasteiger partial charge in [-0.25, -0.2) is 14.5 Å². The van der Waals surface area contributed by atoms with Crippen molar-refractivity contribution in [2.45, 2.75) is 38.3 Å². The molecule has 0 radical (unpaired) electrons. The van der Waals surface area contributed by atoms with Crippen molar-refractivity contribution in [3.8, 4) is 0 Å². The minimum absolute atomic E-state index is 0.118. The van der Waals surface area contributed by atoms with Gasteiger partial charge in [-0.3, -0.25) is 10.1 Å². The fourth-order valence-electron chi connectivity index (χ4n) is 1.47. The third kappa shape index (κ3) is 2.75. The van der Waals surface area contributed by atoms with Crippen LogP contribution in [0.4, 0.5) is 4.39 Å². The predicted molar refractivity (Wildman–Crippen MR) is 54.3 cm³/mol. The fraction of sp³-hybridized carbons (Fsp3) is 0.778. The van der Waals surface area contributed by atoms with Crippen molar-refractivity contribution in [2.24, 2.45) is 0 Å². The van der Waals surface area contributed by atoms with Crippen LogP contribution < -0.4 is 10.6 Å². The van der Waals surface area contributed by atoms with Crippen LogP contribution in [0.25, 0.3) is 0 Å². The zero-order chi connectivity index (χ0) is 13.9.